The van der Waals surface area contributed by atoms with E-state index in [1.807, 2.05) is 11.9 Å². The number of carbonyl (C=O) groups is 1. The zero-order valence-corrected chi connectivity index (χ0v) is 16.9. The molecule has 0 spiro atoms. The minimum Gasteiger partial charge on any atom is -0.350 e. The number of likely N-dealkylation sites (N-methyl/N-ethyl adjacent to an activating group) is 1. The lowest BCUT2D eigenvalue weighted by atomic mass is 10.00. The van der Waals surface area contributed by atoms with Gasteiger partial charge in [0.15, 0.2) is 11.6 Å². The van der Waals surface area contributed by atoms with Gasteiger partial charge in [-0.3, -0.25) is 19.4 Å². The van der Waals surface area contributed by atoms with Crippen molar-refractivity contribution in [3.05, 3.63) is 65.2 Å². The highest BCUT2D eigenvalue weighted by molar-refractivity contribution is 7.90. The van der Waals surface area contributed by atoms with Crippen molar-refractivity contribution in [3.8, 4) is 0 Å². The normalized spacial score (nSPS) is 23.9. The van der Waals surface area contributed by atoms with Crippen LogP contribution in [0.4, 0.5) is 8.78 Å². The van der Waals surface area contributed by atoms with Gasteiger partial charge in [-0.1, -0.05) is 18.2 Å². The largest absolute Gasteiger partial charge is 0.350 e. The summed E-state index contributed by atoms with van der Waals surface area (Å²) in [6.07, 6.45) is 0.637. The van der Waals surface area contributed by atoms with E-state index in [1.165, 1.54) is 12.1 Å². The molecule has 30 heavy (non-hydrogen) atoms. The van der Waals surface area contributed by atoms with Crippen molar-refractivity contribution in [3.63, 3.8) is 0 Å². The Morgan fingerprint density at radius 3 is 2.77 bits per heavy atom. The molecule has 2 aromatic carbocycles. The fraction of sp³-hybridized carbons (Fsp3) is 0.300. The fourth-order valence-corrected chi connectivity index (χ4v) is 5.19. The van der Waals surface area contributed by atoms with Crippen molar-refractivity contribution in [2.75, 3.05) is 20.1 Å². The van der Waals surface area contributed by atoms with Gasteiger partial charge in [-0.25, -0.2) is 17.2 Å². The Morgan fingerprint density at radius 1 is 1.23 bits per heavy atom. The quantitative estimate of drug-likeness (QED) is 0.764. The van der Waals surface area contributed by atoms with E-state index < -0.39 is 21.7 Å². The third-order valence-electron chi connectivity index (χ3n) is 5.32. The van der Waals surface area contributed by atoms with Gasteiger partial charge in [0.05, 0.1) is 10.9 Å². The Balaban J connectivity index is 1.47. The first-order chi connectivity index (χ1) is 14.3. The number of halogens is 2. The molecule has 2 aliphatic rings. The minimum atomic E-state index is -3.67. The van der Waals surface area contributed by atoms with Gasteiger partial charge in [0.25, 0.3) is 10.0 Å². The van der Waals surface area contributed by atoms with Gasteiger partial charge in [-0.05, 0) is 43.3 Å². The Morgan fingerprint density at radius 2 is 2.00 bits per heavy atom. The molecular weight excluding hydrogens is 414 g/mol. The van der Waals surface area contributed by atoms with Gasteiger partial charge in [-0.2, -0.15) is 0 Å². The zero-order valence-electron chi connectivity index (χ0n) is 16.1. The molecule has 0 unspecified atom stereocenters. The molecule has 0 radical (unpaired) electrons. The second-order valence-electron chi connectivity index (χ2n) is 7.33. The number of nitrogens with one attached hydrogen (secondary N) is 2. The summed E-state index contributed by atoms with van der Waals surface area (Å²) in [5, 5.41) is 2.88. The number of amides is 1. The molecule has 0 bridgehead atoms. The SMILES string of the molecule is CN1CC[C@@H](NC(=O)CN=C2NS(=O)(=O)c3ccccc32)[C@@H]1c1ccc(F)c(F)c1. The molecule has 2 atom stereocenters. The molecule has 0 aliphatic carbocycles. The predicted molar refractivity (Wildman–Crippen MR) is 106 cm³/mol. The average Bonchev–Trinajstić information content (AvgIpc) is 3.19. The summed E-state index contributed by atoms with van der Waals surface area (Å²) < 4.78 is 53.5. The fourth-order valence-electron chi connectivity index (χ4n) is 3.94. The van der Waals surface area contributed by atoms with E-state index >= 15 is 0 Å². The summed E-state index contributed by atoms with van der Waals surface area (Å²) in [5.74, 6) is -2.12. The lowest BCUT2D eigenvalue weighted by molar-refractivity contribution is -0.120. The molecule has 1 fully saturated rings. The third-order valence-corrected chi connectivity index (χ3v) is 6.72. The van der Waals surface area contributed by atoms with Gasteiger partial charge in [0.2, 0.25) is 5.91 Å². The minimum absolute atomic E-state index is 0.125. The van der Waals surface area contributed by atoms with Crippen molar-refractivity contribution < 1.29 is 22.0 Å². The number of rotatable bonds is 4. The van der Waals surface area contributed by atoms with Crippen molar-refractivity contribution in [2.45, 2.75) is 23.4 Å². The molecule has 10 heteroatoms. The number of hydrogen-bond acceptors (Lipinski definition) is 5. The number of carbonyl (C=O) groups excluding carboxylic acids is 1. The number of amidine groups is 1. The smallest absolute Gasteiger partial charge is 0.263 e. The molecule has 7 nitrogen and oxygen atoms in total. The van der Waals surface area contributed by atoms with Gasteiger partial charge in [0, 0.05) is 18.2 Å². The first-order valence-corrected chi connectivity index (χ1v) is 10.9. The molecular formula is C20H20F2N4O3S. The van der Waals surface area contributed by atoms with Crippen LogP contribution in [0.3, 0.4) is 0 Å². The van der Waals surface area contributed by atoms with E-state index in [0.29, 0.717) is 24.1 Å². The van der Waals surface area contributed by atoms with Crippen LogP contribution in [0.2, 0.25) is 0 Å². The molecule has 2 heterocycles. The Kier molecular flexibility index (Phi) is 5.29. The van der Waals surface area contributed by atoms with Crippen molar-refractivity contribution in [2.24, 2.45) is 4.99 Å². The first kappa shape index (κ1) is 20.4. The molecule has 2 aromatic rings. The number of hydrogen-bond donors (Lipinski definition) is 2. The van der Waals surface area contributed by atoms with Crippen LogP contribution in [0, 0.1) is 11.6 Å². The van der Waals surface area contributed by atoms with Crippen LogP contribution in [0.5, 0.6) is 0 Å². The van der Waals surface area contributed by atoms with Gasteiger partial charge < -0.3 is 5.32 Å². The van der Waals surface area contributed by atoms with Gasteiger partial charge in [0.1, 0.15) is 12.4 Å². The maximum Gasteiger partial charge on any atom is 0.263 e. The van der Waals surface area contributed by atoms with E-state index in [-0.39, 0.29) is 35.3 Å². The van der Waals surface area contributed by atoms with Gasteiger partial charge in [-0.15, -0.1) is 0 Å². The van der Waals surface area contributed by atoms with E-state index in [4.69, 9.17) is 0 Å². The maximum atomic E-state index is 13.7. The molecule has 1 saturated heterocycles. The number of fused-ring (bicyclic) bond motifs is 1. The van der Waals surface area contributed by atoms with Gasteiger partial charge >= 0.3 is 0 Å². The van der Waals surface area contributed by atoms with Crippen LogP contribution in [0.1, 0.15) is 23.6 Å². The average molecular weight is 434 g/mol. The highest BCUT2D eigenvalue weighted by Gasteiger charge is 2.35. The number of nitrogens with zero attached hydrogens (tertiary/aromatic N) is 2. The Labute approximate surface area is 172 Å². The maximum absolute atomic E-state index is 13.7. The van der Waals surface area contributed by atoms with Crippen molar-refractivity contribution in [1.29, 1.82) is 0 Å². The van der Waals surface area contributed by atoms with E-state index in [9.17, 15) is 22.0 Å². The molecule has 0 saturated carbocycles. The standard InChI is InChI=1S/C20H20F2N4O3S/c1-26-9-8-16(19(26)12-6-7-14(21)15(22)10-12)24-18(27)11-23-20-13-4-2-3-5-17(13)30(28,29)25-20/h2-7,10,16,19H,8-9,11H2,1H3,(H,23,25)(H,24,27)/t16-,19+/m1/s1. The summed E-state index contributed by atoms with van der Waals surface area (Å²) in [4.78, 5) is 18.7. The van der Waals surface area contributed by atoms with Crippen molar-refractivity contribution >= 4 is 21.8 Å². The van der Waals surface area contributed by atoms with Crippen LogP contribution in [0.15, 0.2) is 52.4 Å². The summed E-state index contributed by atoms with van der Waals surface area (Å²) in [7, 11) is -1.82. The highest BCUT2D eigenvalue weighted by atomic mass is 32.2. The molecule has 1 amide bonds. The first-order valence-electron chi connectivity index (χ1n) is 9.37. The zero-order chi connectivity index (χ0) is 21.5. The van der Waals surface area contributed by atoms with Crippen molar-refractivity contribution in [1.82, 2.24) is 14.9 Å². The van der Waals surface area contributed by atoms with Crippen LogP contribution in [-0.2, 0) is 14.8 Å². The Hall–Kier alpha value is -2.85. The topological polar surface area (TPSA) is 90.9 Å². The van der Waals surface area contributed by atoms with Crippen LogP contribution in [0.25, 0.3) is 0 Å². The summed E-state index contributed by atoms with van der Waals surface area (Å²) in [6, 6.07) is 9.52. The molecule has 2 aliphatic heterocycles. The molecule has 158 valence electrons. The van der Waals surface area contributed by atoms with Crippen LogP contribution in [-0.4, -0.2) is 51.2 Å². The lowest BCUT2D eigenvalue weighted by Gasteiger charge is -2.26. The monoisotopic (exact) mass is 434 g/mol. The second kappa shape index (κ2) is 7.77. The molecule has 0 aromatic heterocycles. The predicted octanol–water partition coefficient (Wildman–Crippen LogP) is 1.56. The summed E-state index contributed by atoms with van der Waals surface area (Å²) in [6.45, 7) is 0.410. The number of sulfonamides is 1. The Bertz CT molecular complexity index is 1140. The summed E-state index contributed by atoms with van der Waals surface area (Å²) in [5.41, 5.74) is 0.994. The van der Waals surface area contributed by atoms with E-state index in [2.05, 4.69) is 15.0 Å². The lowest BCUT2D eigenvalue weighted by Crippen LogP contribution is -2.40. The van der Waals surface area contributed by atoms with Crippen LogP contribution >= 0.6 is 0 Å². The molecule has 2 N–H and O–H groups in total. The second-order valence-corrected chi connectivity index (χ2v) is 8.98. The van der Waals surface area contributed by atoms with Crippen LogP contribution < -0.4 is 10.0 Å². The number of benzene rings is 2. The van der Waals surface area contributed by atoms with E-state index in [0.717, 1.165) is 12.1 Å². The highest BCUT2D eigenvalue weighted by Crippen LogP contribution is 2.31. The summed E-state index contributed by atoms with van der Waals surface area (Å²) >= 11 is 0. The molecule has 4 rings (SSSR count). The third kappa shape index (κ3) is 3.80. The number of aliphatic imine (C=N–C) groups is 1. The number of likely N-dealkylation sites (tertiary alicyclic amines) is 1. The van der Waals surface area contributed by atoms with E-state index in [1.54, 1.807) is 18.2 Å².